The Morgan fingerprint density at radius 3 is 2.82 bits per heavy atom. The van der Waals surface area contributed by atoms with E-state index in [0.717, 1.165) is 49.4 Å². The second-order valence-corrected chi connectivity index (χ2v) is 7.28. The normalized spacial score (nSPS) is 15.0. The number of ether oxygens (including phenoxy) is 1. The number of hydrogen-bond acceptors (Lipinski definition) is 4. The molecule has 1 fully saturated rings. The van der Waals surface area contributed by atoms with Gasteiger partial charge in [0.2, 0.25) is 5.91 Å². The molecular formula is C21H23ClN4O2. The predicted molar refractivity (Wildman–Crippen MR) is 111 cm³/mol. The summed E-state index contributed by atoms with van der Waals surface area (Å²) in [6, 6.07) is 15.8. The Kier molecular flexibility index (Phi) is 5.90. The van der Waals surface area contributed by atoms with Gasteiger partial charge in [0.15, 0.2) is 5.15 Å². The summed E-state index contributed by atoms with van der Waals surface area (Å²) in [7, 11) is 0. The lowest BCUT2D eigenvalue weighted by atomic mass is 10.1. The van der Waals surface area contributed by atoms with Crippen molar-refractivity contribution in [3.63, 3.8) is 0 Å². The minimum absolute atomic E-state index is 0.0424. The summed E-state index contributed by atoms with van der Waals surface area (Å²) >= 11 is 6.18. The van der Waals surface area contributed by atoms with Gasteiger partial charge in [-0.25, -0.2) is 0 Å². The molecule has 0 spiro atoms. The lowest BCUT2D eigenvalue weighted by Crippen LogP contribution is -2.35. The van der Waals surface area contributed by atoms with Crippen molar-refractivity contribution in [3.8, 4) is 0 Å². The summed E-state index contributed by atoms with van der Waals surface area (Å²) in [4.78, 5) is 14.8. The minimum Gasteiger partial charge on any atom is -0.379 e. The summed E-state index contributed by atoms with van der Waals surface area (Å²) in [5, 5.41) is 8.69. The molecule has 1 aromatic heterocycles. The van der Waals surface area contributed by atoms with Gasteiger partial charge >= 0.3 is 0 Å². The average Bonchev–Trinajstić information content (AvgIpc) is 3.04. The Morgan fingerprint density at radius 2 is 1.96 bits per heavy atom. The maximum absolute atomic E-state index is 12.4. The third-order valence-electron chi connectivity index (χ3n) is 4.88. The number of nitrogens with one attached hydrogen (secondary N) is 1. The van der Waals surface area contributed by atoms with Crippen molar-refractivity contribution in [2.45, 2.75) is 19.5 Å². The molecule has 1 amide bonds. The number of hydrogen-bond donors (Lipinski definition) is 1. The molecule has 28 heavy (non-hydrogen) atoms. The largest absolute Gasteiger partial charge is 0.379 e. The highest BCUT2D eigenvalue weighted by molar-refractivity contribution is 6.34. The number of anilines is 1. The van der Waals surface area contributed by atoms with E-state index < -0.39 is 0 Å². The molecule has 2 aromatic carbocycles. The maximum Gasteiger partial charge on any atom is 0.226 e. The first-order chi connectivity index (χ1) is 13.7. The molecule has 3 aromatic rings. The molecule has 1 aliphatic rings. The van der Waals surface area contributed by atoms with E-state index in [0.29, 0.717) is 18.1 Å². The third-order valence-corrected chi connectivity index (χ3v) is 5.16. The number of aromatic nitrogens is 2. The van der Waals surface area contributed by atoms with Gasteiger partial charge in [0, 0.05) is 37.1 Å². The molecule has 0 aliphatic carbocycles. The standard InChI is InChI=1S/C21H23ClN4O2/c22-21-18-6-1-2-7-19(18)26(24-21)9-8-20(27)23-17-5-3-4-16(14-17)15-25-10-12-28-13-11-25/h1-7,14H,8-13,15H2,(H,23,27). The van der Waals surface area contributed by atoms with Gasteiger partial charge in [-0.2, -0.15) is 5.10 Å². The molecule has 1 aliphatic heterocycles. The second kappa shape index (κ2) is 8.73. The van der Waals surface area contributed by atoms with Gasteiger partial charge < -0.3 is 10.1 Å². The Morgan fingerprint density at radius 1 is 1.14 bits per heavy atom. The molecule has 1 saturated heterocycles. The summed E-state index contributed by atoms with van der Waals surface area (Å²) in [5.41, 5.74) is 2.94. The maximum atomic E-state index is 12.4. The molecule has 0 atom stereocenters. The molecule has 0 bridgehead atoms. The van der Waals surface area contributed by atoms with E-state index in [-0.39, 0.29) is 5.91 Å². The van der Waals surface area contributed by atoms with E-state index >= 15 is 0 Å². The molecule has 0 saturated carbocycles. The highest BCUT2D eigenvalue weighted by atomic mass is 35.5. The van der Waals surface area contributed by atoms with Gasteiger partial charge in [-0.3, -0.25) is 14.4 Å². The zero-order valence-corrected chi connectivity index (χ0v) is 16.4. The summed E-state index contributed by atoms with van der Waals surface area (Å²) in [6.07, 6.45) is 0.329. The first-order valence-corrected chi connectivity index (χ1v) is 9.87. The Bertz CT molecular complexity index is 966. The molecular weight excluding hydrogens is 376 g/mol. The van der Waals surface area contributed by atoms with Crippen LogP contribution in [0, 0.1) is 0 Å². The fraction of sp³-hybridized carbons (Fsp3) is 0.333. The first kappa shape index (κ1) is 18.9. The number of rotatable bonds is 6. The van der Waals surface area contributed by atoms with Crippen molar-refractivity contribution in [3.05, 3.63) is 59.2 Å². The third kappa shape index (κ3) is 4.52. The van der Waals surface area contributed by atoms with E-state index in [1.165, 1.54) is 5.56 Å². The van der Waals surface area contributed by atoms with Gasteiger partial charge in [0.25, 0.3) is 0 Å². The van der Waals surface area contributed by atoms with Crippen LogP contribution in [0.2, 0.25) is 5.15 Å². The van der Waals surface area contributed by atoms with Gasteiger partial charge in [-0.15, -0.1) is 0 Å². The lowest BCUT2D eigenvalue weighted by molar-refractivity contribution is -0.116. The highest BCUT2D eigenvalue weighted by Gasteiger charge is 2.12. The van der Waals surface area contributed by atoms with Crippen molar-refractivity contribution in [1.82, 2.24) is 14.7 Å². The molecule has 0 unspecified atom stereocenters. The van der Waals surface area contributed by atoms with Crippen LogP contribution in [0.1, 0.15) is 12.0 Å². The van der Waals surface area contributed by atoms with Crippen LogP contribution >= 0.6 is 11.6 Å². The number of benzene rings is 2. The number of para-hydroxylation sites is 1. The van der Waals surface area contributed by atoms with Gasteiger partial charge in [0.05, 0.1) is 25.3 Å². The smallest absolute Gasteiger partial charge is 0.226 e. The molecule has 4 rings (SSSR count). The predicted octanol–water partition coefficient (Wildman–Crippen LogP) is 3.55. The number of carbonyl (C=O) groups excluding carboxylic acids is 1. The van der Waals surface area contributed by atoms with Crippen LogP contribution in [0.25, 0.3) is 10.9 Å². The topological polar surface area (TPSA) is 59.4 Å². The Labute approximate surface area is 169 Å². The number of fused-ring (bicyclic) bond motifs is 1. The van der Waals surface area contributed by atoms with Crippen LogP contribution in [-0.2, 0) is 22.6 Å². The summed E-state index contributed by atoms with van der Waals surface area (Å²) in [6.45, 7) is 4.79. The number of morpholine rings is 1. The number of nitrogens with zero attached hydrogens (tertiary/aromatic N) is 3. The van der Waals surface area contributed by atoms with Crippen molar-refractivity contribution in [2.24, 2.45) is 0 Å². The van der Waals surface area contributed by atoms with Crippen molar-refractivity contribution in [2.75, 3.05) is 31.6 Å². The molecule has 6 nitrogen and oxygen atoms in total. The van der Waals surface area contributed by atoms with Crippen LogP contribution < -0.4 is 5.32 Å². The van der Waals surface area contributed by atoms with Crippen LogP contribution in [0.3, 0.4) is 0 Å². The zero-order chi connectivity index (χ0) is 19.3. The fourth-order valence-corrected chi connectivity index (χ4v) is 3.70. The van der Waals surface area contributed by atoms with E-state index in [1.54, 1.807) is 4.68 Å². The van der Waals surface area contributed by atoms with Gasteiger partial charge in [-0.1, -0.05) is 35.9 Å². The van der Waals surface area contributed by atoms with E-state index in [1.807, 2.05) is 42.5 Å². The minimum atomic E-state index is -0.0424. The summed E-state index contributed by atoms with van der Waals surface area (Å²) in [5.74, 6) is -0.0424. The first-order valence-electron chi connectivity index (χ1n) is 9.49. The van der Waals surface area contributed by atoms with Crippen LogP contribution in [0.5, 0.6) is 0 Å². The molecule has 1 N–H and O–H groups in total. The van der Waals surface area contributed by atoms with E-state index in [2.05, 4.69) is 21.4 Å². The Balaban J connectivity index is 1.35. The zero-order valence-electron chi connectivity index (χ0n) is 15.6. The quantitative estimate of drug-likeness (QED) is 0.689. The van der Waals surface area contributed by atoms with E-state index in [9.17, 15) is 4.79 Å². The SMILES string of the molecule is O=C(CCn1nc(Cl)c2ccccc21)Nc1cccc(CN2CCOCC2)c1. The Hall–Kier alpha value is -2.41. The van der Waals surface area contributed by atoms with Crippen molar-refractivity contribution in [1.29, 1.82) is 0 Å². The number of aryl methyl sites for hydroxylation is 1. The number of carbonyl (C=O) groups is 1. The monoisotopic (exact) mass is 398 g/mol. The average molecular weight is 399 g/mol. The lowest BCUT2D eigenvalue weighted by Gasteiger charge is -2.26. The molecule has 146 valence electrons. The van der Waals surface area contributed by atoms with Gasteiger partial charge in [0.1, 0.15) is 0 Å². The molecule has 2 heterocycles. The summed E-state index contributed by atoms with van der Waals surface area (Å²) < 4.78 is 7.18. The number of halogens is 1. The van der Waals surface area contributed by atoms with E-state index in [4.69, 9.17) is 16.3 Å². The van der Waals surface area contributed by atoms with Crippen molar-refractivity contribution >= 4 is 34.1 Å². The van der Waals surface area contributed by atoms with Crippen LogP contribution in [0.4, 0.5) is 5.69 Å². The highest BCUT2D eigenvalue weighted by Crippen LogP contribution is 2.22. The van der Waals surface area contributed by atoms with Gasteiger partial charge in [-0.05, 0) is 29.8 Å². The molecule has 0 radical (unpaired) electrons. The second-order valence-electron chi connectivity index (χ2n) is 6.92. The number of amides is 1. The van der Waals surface area contributed by atoms with Crippen molar-refractivity contribution < 1.29 is 9.53 Å². The van der Waals surface area contributed by atoms with Crippen LogP contribution in [-0.4, -0.2) is 46.9 Å². The molecule has 7 heteroatoms. The van der Waals surface area contributed by atoms with Crippen LogP contribution in [0.15, 0.2) is 48.5 Å². The fourth-order valence-electron chi connectivity index (χ4n) is 3.45.